The molecule has 4 aliphatic carbocycles. The molecular weight excluding hydrogens is 394 g/mol. The van der Waals surface area contributed by atoms with E-state index in [4.69, 9.17) is 0 Å². The molecule has 5 rings (SSSR count). The van der Waals surface area contributed by atoms with E-state index in [1.54, 1.807) is 5.57 Å². The summed E-state index contributed by atoms with van der Waals surface area (Å²) >= 11 is 0. The zero-order valence-electron chi connectivity index (χ0n) is 19.9. The van der Waals surface area contributed by atoms with E-state index in [9.17, 15) is 9.90 Å². The number of carbonyl (C=O) groups is 1. The fourth-order valence-corrected chi connectivity index (χ4v) is 7.38. The van der Waals surface area contributed by atoms with E-state index in [1.165, 1.54) is 22.4 Å². The number of allylic oxidation sites excluding steroid dienone is 4. The predicted molar refractivity (Wildman–Crippen MR) is 129 cm³/mol. The topological polar surface area (TPSA) is 40.5 Å². The molecule has 0 amide bonds. The van der Waals surface area contributed by atoms with Crippen molar-refractivity contribution in [1.29, 1.82) is 0 Å². The third-order valence-electron chi connectivity index (χ3n) is 9.03. The first-order valence-corrected chi connectivity index (χ1v) is 12.2. The molecule has 0 radical (unpaired) electrons. The molecule has 5 atom stereocenters. The van der Waals surface area contributed by atoms with Gasteiger partial charge >= 0.3 is 0 Å². The Labute approximate surface area is 192 Å². The van der Waals surface area contributed by atoms with Crippen molar-refractivity contribution in [2.75, 3.05) is 19.0 Å². The lowest BCUT2D eigenvalue weighted by Gasteiger charge is -2.53. The van der Waals surface area contributed by atoms with Crippen LogP contribution in [0.4, 0.5) is 5.69 Å². The van der Waals surface area contributed by atoms with Crippen LogP contribution in [0.2, 0.25) is 0 Å². The molecule has 2 unspecified atom stereocenters. The van der Waals surface area contributed by atoms with Gasteiger partial charge in [-0.1, -0.05) is 30.6 Å². The van der Waals surface area contributed by atoms with Crippen LogP contribution in [0.25, 0.3) is 0 Å². The maximum atomic E-state index is 12.2. The number of nitrogens with zero attached hydrogens (tertiary/aromatic N) is 1. The van der Waals surface area contributed by atoms with Gasteiger partial charge in [-0.05, 0) is 92.2 Å². The van der Waals surface area contributed by atoms with E-state index in [0.29, 0.717) is 18.3 Å². The minimum atomic E-state index is -0.914. The minimum Gasteiger partial charge on any atom is -0.378 e. The Morgan fingerprint density at radius 3 is 2.53 bits per heavy atom. The second kappa shape index (κ2) is 7.63. The number of benzene rings is 1. The van der Waals surface area contributed by atoms with Crippen LogP contribution in [0.3, 0.4) is 0 Å². The van der Waals surface area contributed by atoms with E-state index in [-0.39, 0.29) is 17.1 Å². The molecule has 32 heavy (non-hydrogen) atoms. The minimum absolute atomic E-state index is 0.221. The van der Waals surface area contributed by atoms with Gasteiger partial charge in [0.2, 0.25) is 0 Å². The van der Waals surface area contributed by atoms with Crippen molar-refractivity contribution in [3.05, 3.63) is 52.6 Å². The molecule has 1 N–H and O–H groups in total. The van der Waals surface area contributed by atoms with Crippen LogP contribution in [0.5, 0.6) is 0 Å². The Kier molecular flexibility index (Phi) is 5.13. The first-order valence-electron chi connectivity index (χ1n) is 12.2. The first kappa shape index (κ1) is 21.5. The fraction of sp³-hybridized carbons (Fsp3) is 0.552. The van der Waals surface area contributed by atoms with Crippen LogP contribution in [-0.4, -0.2) is 30.6 Å². The van der Waals surface area contributed by atoms with Gasteiger partial charge in [0, 0.05) is 37.5 Å². The number of aliphatic hydroxyl groups is 1. The van der Waals surface area contributed by atoms with Crippen molar-refractivity contribution >= 4 is 11.5 Å². The molecule has 0 saturated heterocycles. The summed E-state index contributed by atoms with van der Waals surface area (Å²) in [5.74, 6) is 7.76. The van der Waals surface area contributed by atoms with E-state index < -0.39 is 5.60 Å². The van der Waals surface area contributed by atoms with Crippen LogP contribution in [0, 0.1) is 29.1 Å². The van der Waals surface area contributed by atoms with Gasteiger partial charge in [-0.2, -0.15) is 0 Å². The molecule has 168 valence electrons. The number of fused-ring (bicyclic) bond motifs is 4. The molecule has 0 heterocycles. The molecule has 3 heteroatoms. The summed E-state index contributed by atoms with van der Waals surface area (Å²) in [6.45, 7) is 4.15. The monoisotopic (exact) mass is 429 g/mol. The Balaban J connectivity index is 1.67. The highest BCUT2D eigenvalue weighted by molar-refractivity contribution is 5.93. The number of carbonyl (C=O) groups excluding carboxylic acids is 1. The van der Waals surface area contributed by atoms with E-state index in [0.717, 1.165) is 38.5 Å². The molecule has 2 fully saturated rings. The Hall–Kier alpha value is -2.31. The average Bonchev–Trinajstić information content (AvgIpc) is 3.03. The molecular formula is C29H35NO2. The van der Waals surface area contributed by atoms with Crippen molar-refractivity contribution in [3.63, 3.8) is 0 Å². The highest BCUT2D eigenvalue weighted by Crippen LogP contribution is 2.66. The standard InChI is InChI=1S/C29H35NO2/c1-5-15-29(32)16-14-26-24-12-8-20-17-22(31)11-13-23(20)27(24)25(18-28(26,29)2)19-6-9-21(10-7-19)30(3)4/h6-7,9-10,17,24-26,32H,8,11-14,16,18H2,1-4H3/t24?,25-,26?,28+,29+/m1/s1. The lowest BCUT2D eigenvalue weighted by Crippen LogP contribution is -2.51. The van der Waals surface area contributed by atoms with Gasteiger partial charge in [0.25, 0.3) is 0 Å². The Morgan fingerprint density at radius 2 is 1.84 bits per heavy atom. The van der Waals surface area contributed by atoms with Crippen LogP contribution in [-0.2, 0) is 4.79 Å². The zero-order valence-corrected chi connectivity index (χ0v) is 19.9. The molecule has 1 aromatic carbocycles. The summed E-state index contributed by atoms with van der Waals surface area (Å²) in [5.41, 5.74) is 5.71. The van der Waals surface area contributed by atoms with Gasteiger partial charge in [0.05, 0.1) is 0 Å². The van der Waals surface area contributed by atoms with Gasteiger partial charge in [-0.15, -0.1) is 5.92 Å². The number of anilines is 1. The Bertz CT molecular complexity index is 1070. The summed E-state index contributed by atoms with van der Waals surface area (Å²) in [6.07, 6.45) is 8.23. The van der Waals surface area contributed by atoms with Crippen molar-refractivity contribution in [2.24, 2.45) is 17.3 Å². The molecule has 0 aliphatic heterocycles. The summed E-state index contributed by atoms with van der Waals surface area (Å²) in [5, 5.41) is 11.7. The summed E-state index contributed by atoms with van der Waals surface area (Å²) in [4.78, 5) is 14.3. The summed E-state index contributed by atoms with van der Waals surface area (Å²) < 4.78 is 0. The van der Waals surface area contributed by atoms with Gasteiger partial charge in [-0.25, -0.2) is 0 Å². The van der Waals surface area contributed by atoms with E-state index in [1.807, 2.05) is 13.0 Å². The molecule has 0 bridgehead atoms. The van der Waals surface area contributed by atoms with Crippen LogP contribution < -0.4 is 4.90 Å². The molecule has 0 spiro atoms. The zero-order chi connectivity index (χ0) is 22.7. The maximum Gasteiger partial charge on any atom is 0.156 e. The molecule has 0 aromatic heterocycles. The normalized spacial score (nSPS) is 35.8. The van der Waals surface area contributed by atoms with E-state index >= 15 is 0 Å². The lowest BCUT2D eigenvalue weighted by molar-refractivity contribution is -0.114. The second-order valence-electron chi connectivity index (χ2n) is 10.8. The molecule has 1 aromatic rings. The quantitative estimate of drug-likeness (QED) is 0.640. The maximum absolute atomic E-state index is 12.2. The van der Waals surface area contributed by atoms with Gasteiger partial charge in [-0.3, -0.25) is 4.79 Å². The average molecular weight is 430 g/mol. The summed E-state index contributed by atoms with van der Waals surface area (Å²) in [6, 6.07) is 8.97. The van der Waals surface area contributed by atoms with Crippen molar-refractivity contribution in [1.82, 2.24) is 0 Å². The lowest BCUT2D eigenvalue weighted by atomic mass is 9.51. The number of rotatable bonds is 2. The predicted octanol–water partition coefficient (Wildman–Crippen LogP) is 5.41. The fourth-order valence-electron chi connectivity index (χ4n) is 7.38. The van der Waals surface area contributed by atoms with Crippen molar-refractivity contribution < 1.29 is 9.90 Å². The highest BCUT2D eigenvalue weighted by Gasteiger charge is 2.62. The molecule has 3 nitrogen and oxygen atoms in total. The van der Waals surface area contributed by atoms with Crippen LogP contribution in [0.1, 0.15) is 70.3 Å². The SMILES string of the molecule is CC#C[C@]1(O)CCC2C3CCC4=CC(=O)CCC4=C3[C@@H](c3ccc(N(C)C)cc3)C[C@@]21C. The number of ketones is 1. The van der Waals surface area contributed by atoms with E-state index in [2.05, 4.69) is 62.0 Å². The molecule has 2 saturated carbocycles. The van der Waals surface area contributed by atoms with Gasteiger partial charge < -0.3 is 10.0 Å². The van der Waals surface area contributed by atoms with Gasteiger partial charge in [0.15, 0.2) is 5.78 Å². The van der Waals surface area contributed by atoms with Crippen molar-refractivity contribution in [3.8, 4) is 11.8 Å². The van der Waals surface area contributed by atoms with Gasteiger partial charge in [0.1, 0.15) is 5.60 Å². The first-order chi connectivity index (χ1) is 15.3. The largest absolute Gasteiger partial charge is 0.378 e. The Morgan fingerprint density at radius 1 is 1.09 bits per heavy atom. The number of hydrogen-bond acceptors (Lipinski definition) is 3. The molecule has 4 aliphatic rings. The van der Waals surface area contributed by atoms with Crippen LogP contribution >= 0.6 is 0 Å². The van der Waals surface area contributed by atoms with Crippen LogP contribution in [0.15, 0.2) is 47.1 Å². The third kappa shape index (κ3) is 3.11. The second-order valence-corrected chi connectivity index (χ2v) is 10.8. The smallest absolute Gasteiger partial charge is 0.156 e. The summed E-state index contributed by atoms with van der Waals surface area (Å²) in [7, 11) is 4.14. The number of hydrogen-bond donors (Lipinski definition) is 1. The third-order valence-corrected chi connectivity index (χ3v) is 9.03. The highest BCUT2D eigenvalue weighted by atomic mass is 16.3. The van der Waals surface area contributed by atoms with Crippen molar-refractivity contribution in [2.45, 2.75) is 70.3 Å².